The summed E-state index contributed by atoms with van der Waals surface area (Å²) < 4.78 is 6.28. The number of nitrogens with zero attached hydrogens (tertiary/aromatic N) is 5. The molecule has 0 radical (unpaired) electrons. The Morgan fingerprint density at radius 1 is 1.42 bits per heavy atom. The molecule has 0 spiro atoms. The number of nitro groups is 1. The number of aromatic nitrogens is 4. The minimum absolute atomic E-state index is 0.0127. The van der Waals surface area contributed by atoms with E-state index in [1.165, 1.54) is 23.9 Å². The number of rotatable bonds is 6. The van der Waals surface area contributed by atoms with Gasteiger partial charge in [-0.05, 0) is 30.6 Å². The van der Waals surface area contributed by atoms with Crippen molar-refractivity contribution in [2.24, 2.45) is 5.92 Å². The molecular weight excluding hydrogens is 364 g/mol. The zero-order valence-corrected chi connectivity index (χ0v) is 15.0. The third kappa shape index (κ3) is 4.01. The van der Waals surface area contributed by atoms with Gasteiger partial charge in [0.2, 0.25) is 0 Å². The van der Waals surface area contributed by atoms with Crippen molar-refractivity contribution in [2.75, 3.05) is 6.54 Å². The lowest BCUT2D eigenvalue weighted by atomic mass is 9.89. The summed E-state index contributed by atoms with van der Waals surface area (Å²) in [5.74, 6) is -0.315. The third-order valence-corrected chi connectivity index (χ3v) is 4.96. The first kappa shape index (κ1) is 18.3. The van der Waals surface area contributed by atoms with Gasteiger partial charge in [-0.3, -0.25) is 4.79 Å². The fraction of sp³-hybridized carbons (Fsp3) is 0.600. The van der Waals surface area contributed by atoms with Gasteiger partial charge in [-0.2, -0.15) is 9.67 Å². The Morgan fingerprint density at radius 3 is 2.81 bits per heavy atom. The molecule has 1 aliphatic carbocycles. The lowest BCUT2D eigenvalue weighted by Gasteiger charge is -2.21. The van der Waals surface area contributed by atoms with E-state index in [4.69, 9.17) is 16.1 Å². The number of amides is 1. The van der Waals surface area contributed by atoms with Gasteiger partial charge in [0.1, 0.15) is 6.54 Å². The molecule has 26 heavy (non-hydrogen) atoms. The van der Waals surface area contributed by atoms with E-state index in [2.05, 4.69) is 20.6 Å². The smallest absolute Gasteiger partial charge is 0.358 e. The molecule has 0 saturated heterocycles. The molecule has 1 amide bonds. The van der Waals surface area contributed by atoms with Gasteiger partial charge in [0.05, 0.1) is 10.8 Å². The highest BCUT2D eigenvalue weighted by atomic mass is 35.5. The van der Waals surface area contributed by atoms with Gasteiger partial charge in [-0.15, -0.1) is 0 Å². The fourth-order valence-electron chi connectivity index (χ4n) is 3.03. The lowest BCUT2D eigenvalue weighted by Crippen LogP contribution is -2.30. The second-order valence-corrected chi connectivity index (χ2v) is 6.75. The van der Waals surface area contributed by atoms with Crippen LogP contribution >= 0.6 is 11.6 Å². The van der Waals surface area contributed by atoms with Crippen LogP contribution in [0.5, 0.6) is 0 Å². The van der Waals surface area contributed by atoms with Crippen LogP contribution in [0.3, 0.4) is 0 Å². The highest BCUT2D eigenvalue weighted by Crippen LogP contribution is 2.26. The first-order chi connectivity index (χ1) is 12.5. The van der Waals surface area contributed by atoms with Gasteiger partial charge < -0.3 is 20.0 Å². The molecule has 1 N–H and O–H groups in total. The number of hydrogen-bond donors (Lipinski definition) is 1. The average molecular weight is 383 g/mol. The Balaban J connectivity index is 1.61. The van der Waals surface area contributed by atoms with Crippen molar-refractivity contribution in [1.29, 1.82) is 0 Å². The molecule has 2 heterocycles. The topological polar surface area (TPSA) is 129 Å². The SMILES string of the molecule is Cc1c(Cl)c([N+](=O)[O-])nn1Cc1noc(C(=O)NCC2CCCCC2)n1. The largest absolute Gasteiger partial charge is 0.408 e. The second kappa shape index (κ2) is 7.81. The minimum atomic E-state index is -0.661. The summed E-state index contributed by atoms with van der Waals surface area (Å²) >= 11 is 5.89. The number of halogens is 1. The molecular formula is C15H19ClN6O4. The van der Waals surface area contributed by atoms with E-state index in [-0.39, 0.29) is 23.3 Å². The van der Waals surface area contributed by atoms with Crippen molar-refractivity contribution in [2.45, 2.75) is 45.6 Å². The Hall–Kier alpha value is -2.49. The van der Waals surface area contributed by atoms with Crippen LogP contribution in [-0.2, 0) is 6.54 Å². The molecule has 1 saturated carbocycles. The summed E-state index contributed by atoms with van der Waals surface area (Å²) in [5, 5.41) is 21.2. The molecule has 0 aliphatic heterocycles. The van der Waals surface area contributed by atoms with E-state index in [1.807, 2.05) is 0 Å². The van der Waals surface area contributed by atoms with Crippen LogP contribution in [0.25, 0.3) is 0 Å². The third-order valence-electron chi connectivity index (χ3n) is 4.52. The molecule has 1 aliphatic rings. The second-order valence-electron chi connectivity index (χ2n) is 6.37. The zero-order valence-electron chi connectivity index (χ0n) is 14.3. The molecule has 10 nitrogen and oxygen atoms in total. The van der Waals surface area contributed by atoms with Crippen LogP contribution < -0.4 is 5.32 Å². The number of carbonyl (C=O) groups excluding carboxylic acids is 1. The van der Waals surface area contributed by atoms with Crippen LogP contribution in [0.1, 0.15) is 54.3 Å². The molecule has 0 atom stereocenters. The maximum atomic E-state index is 12.1. The molecule has 3 rings (SSSR count). The van der Waals surface area contributed by atoms with Gasteiger partial charge >= 0.3 is 17.6 Å². The predicted octanol–water partition coefficient (Wildman–Crippen LogP) is 2.49. The Morgan fingerprint density at radius 2 is 2.15 bits per heavy atom. The number of nitrogens with one attached hydrogen (secondary N) is 1. The molecule has 0 bridgehead atoms. The number of hydrogen-bond acceptors (Lipinski definition) is 7. The van der Waals surface area contributed by atoms with Crippen molar-refractivity contribution in [1.82, 2.24) is 25.2 Å². The van der Waals surface area contributed by atoms with E-state index in [0.717, 1.165) is 12.8 Å². The van der Waals surface area contributed by atoms with Gasteiger partial charge in [0.15, 0.2) is 10.8 Å². The van der Waals surface area contributed by atoms with Crippen molar-refractivity contribution < 1.29 is 14.2 Å². The Bertz CT molecular complexity index is 811. The van der Waals surface area contributed by atoms with E-state index in [9.17, 15) is 14.9 Å². The maximum Gasteiger partial charge on any atom is 0.408 e. The Labute approximate surface area is 154 Å². The van der Waals surface area contributed by atoms with Crippen molar-refractivity contribution in [3.63, 3.8) is 0 Å². The fourth-order valence-corrected chi connectivity index (χ4v) is 3.23. The van der Waals surface area contributed by atoms with Crippen molar-refractivity contribution in [3.8, 4) is 0 Å². The summed E-state index contributed by atoms with van der Waals surface area (Å²) in [7, 11) is 0. The van der Waals surface area contributed by atoms with E-state index >= 15 is 0 Å². The summed E-state index contributed by atoms with van der Waals surface area (Å²) in [4.78, 5) is 26.4. The molecule has 0 unspecified atom stereocenters. The van der Waals surface area contributed by atoms with Gasteiger partial charge in [-0.25, -0.2) is 0 Å². The van der Waals surface area contributed by atoms with Gasteiger partial charge in [0, 0.05) is 6.54 Å². The van der Waals surface area contributed by atoms with Crippen LogP contribution in [0.15, 0.2) is 4.52 Å². The van der Waals surface area contributed by atoms with Gasteiger partial charge in [0.25, 0.3) is 0 Å². The number of carbonyl (C=O) groups is 1. The quantitative estimate of drug-likeness (QED) is 0.600. The van der Waals surface area contributed by atoms with Crippen LogP contribution in [0.4, 0.5) is 5.82 Å². The van der Waals surface area contributed by atoms with E-state index in [1.54, 1.807) is 6.92 Å². The van der Waals surface area contributed by atoms with E-state index in [0.29, 0.717) is 18.2 Å². The molecule has 11 heteroatoms. The minimum Gasteiger partial charge on any atom is -0.358 e. The van der Waals surface area contributed by atoms with Crippen LogP contribution in [0, 0.1) is 23.0 Å². The maximum absolute atomic E-state index is 12.1. The van der Waals surface area contributed by atoms with Crippen molar-refractivity contribution in [3.05, 3.63) is 32.5 Å². The van der Waals surface area contributed by atoms with E-state index < -0.39 is 16.6 Å². The first-order valence-corrected chi connectivity index (χ1v) is 8.81. The standard InChI is InChI=1S/C15H19ClN6O4/c1-9-12(16)13(22(24)25)19-21(9)8-11-18-15(26-20-11)14(23)17-7-10-5-3-2-4-6-10/h10H,2-8H2,1H3,(H,17,23). The molecule has 2 aromatic rings. The molecule has 140 valence electrons. The van der Waals surface area contributed by atoms with Gasteiger partial charge in [-0.1, -0.05) is 36.0 Å². The molecule has 2 aromatic heterocycles. The monoisotopic (exact) mass is 382 g/mol. The Kier molecular flexibility index (Phi) is 5.50. The highest BCUT2D eigenvalue weighted by Gasteiger charge is 2.25. The summed E-state index contributed by atoms with van der Waals surface area (Å²) in [5.41, 5.74) is 0.409. The van der Waals surface area contributed by atoms with Crippen molar-refractivity contribution >= 4 is 23.3 Å². The summed E-state index contributed by atoms with van der Waals surface area (Å²) in [6, 6.07) is 0. The van der Waals surface area contributed by atoms with Crippen LogP contribution in [-0.4, -0.2) is 37.3 Å². The predicted molar refractivity (Wildman–Crippen MR) is 90.9 cm³/mol. The first-order valence-electron chi connectivity index (χ1n) is 8.43. The summed E-state index contributed by atoms with van der Waals surface area (Å²) in [6.45, 7) is 2.20. The molecule has 0 aromatic carbocycles. The molecule has 1 fully saturated rings. The normalized spacial score (nSPS) is 15.2. The highest BCUT2D eigenvalue weighted by molar-refractivity contribution is 6.33. The average Bonchev–Trinajstić information content (AvgIpc) is 3.21. The zero-order chi connectivity index (χ0) is 18.7. The summed E-state index contributed by atoms with van der Waals surface area (Å²) in [6.07, 6.45) is 5.89. The van der Waals surface area contributed by atoms with Crippen LogP contribution in [0.2, 0.25) is 5.02 Å². The lowest BCUT2D eigenvalue weighted by molar-refractivity contribution is -0.389.